The number of benzene rings is 1. The van der Waals surface area contributed by atoms with Crippen LogP contribution >= 0.6 is 23.2 Å². The number of halogens is 5. The molecule has 3 rings (SSSR count). The van der Waals surface area contributed by atoms with Crippen LogP contribution in [0.15, 0.2) is 36.7 Å². The quantitative estimate of drug-likeness (QED) is 0.409. The van der Waals surface area contributed by atoms with E-state index in [1.807, 2.05) is 0 Å². The van der Waals surface area contributed by atoms with Crippen LogP contribution in [0.1, 0.15) is 52.7 Å². The van der Waals surface area contributed by atoms with E-state index in [2.05, 4.69) is 21.2 Å². The summed E-state index contributed by atoms with van der Waals surface area (Å²) in [6.45, 7) is 5.27. The molecule has 0 saturated heterocycles. The Kier molecular flexibility index (Phi) is 7.70. The lowest BCUT2D eigenvalue weighted by Crippen LogP contribution is -2.41. The Hall–Kier alpha value is -3.51. The molecule has 1 aromatic carbocycles. The van der Waals surface area contributed by atoms with Crippen LogP contribution in [0.25, 0.3) is 5.65 Å². The summed E-state index contributed by atoms with van der Waals surface area (Å²) >= 11 is 12.0. The highest BCUT2D eigenvalue weighted by Gasteiger charge is 2.32. The van der Waals surface area contributed by atoms with Gasteiger partial charge in [-0.1, -0.05) is 29.3 Å². The van der Waals surface area contributed by atoms with Crippen molar-refractivity contribution in [3.8, 4) is 0 Å². The molecule has 0 aliphatic carbocycles. The first-order valence-electron chi connectivity index (χ1n) is 10.3. The molecule has 0 fully saturated rings. The van der Waals surface area contributed by atoms with Gasteiger partial charge in [-0.3, -0.25) is 20.4 Å². The van der Waals surface area contributed by atoms with E-state index < -0.39 is 35.2 Å². The molecule has 3 N–H and O–H groups in total. The van der Waals surface area contributed by atoms with Crippen LogP contribution < -0.4 is 16.2 Å². The van der Waals surface area contributed by atoms with Gasteiger partial charge in [0.25, 0.3) is 11.8 Å². The molecule has 2 heterocycles. The summed E-state index contributed by atoms with van der Waals surface area (Å²) < 4.78 is 45.0. The number of ether oxygens (including phenoxy) is 1. The zero-order chi connectivity index (χ0) is 26.8. The van der Waals surface area contributed by atoms with Crippen LogP contribution in [-0.2, 0) is 17.5 Å². The summed E-state index contributed by atoms with van der Waals surface area (Å²) in [6, 6.07) is 5.08. The summed E-state index contributed by atoms with van der Waals surface area (Å²) in [4.78, 5) is 40.5. The number of aromatic nitrogens is 2. The highest BCUT2D eigenvalue weighted by Crippen LogP contribution is 2.32. The minimum absolute atomic E-state index is 0.0193. The zero-order valence-corrected chi connectivity index (χ0v) is 20.6. The molecule has 0 saturated carbocycles. The van der Waals surface area contributed by atoms with Gasteiger partial charge in [0.15, 0.2) is 5.65 Å². The number of nitrogens with one attached hydrogen (secondary N) is 3. The number of alkyl carbamates (subject to hydrolysis) is 1. The molecule has 0 radical (unpaired) electrons. The van der Waals surface area contributed by atoms with Crippen molar-refractivity contribution in [1.29, 1.82) is 0 Å². The van der Waals surface area contributed by atoms with Gasteiger partial charge in [0.05, 0.1) is 21.2 Å². The van der Waals surface area contributed by atoms with Crippen molar-refractivity contribution in [2.24, 2.45) is 0 Å². The summed E-state index contributed by atoms with van der Waals surface area (Å²) in [5, 5.41) is 2.30. The number of fused-ring (bicyclic) bond motifs is 1. The molecular weight excluding hydrogens is 526 g/mol. The molecular formula is C22H20Cl2F3N5O4. The predicted molar refractivity (Wildman–Crippen MR) is 125 cm³/mol. The molecule has 0 spiro atoms. The van der Waals surface area contributed by atoms with Gasteiger partial charge in [0, 0.05) is 18.9 Å². The molecule has 9 nitrogen and oxygen atoms in total. The Balaban J connectivity index is 1.63. The second kappa shape index (κ2) is 10.2. The Morgan fingerprint density at radius 2 is 1.67 bits per heavy atom. The largest absolute Gasteiger partial charge is 0.444 e. The number of pyridine rings is 1. The lowest BCUT2D eigenvalue weighted by atomic mass is 10.1. The van der Waals surface area contributed by atoms with Crippen molar-refractivity contribution in [2.45, 2.75) is 39.1 Å². The number of carbonyl (C=O) groups excluding carboxylic acids is 3. The molecule has 3 amide bonds. The smallest absolute Gasteiger partial charge is 0.417 e. The predicted octanol–water partition coefficient (Wildman–Crippen LogP) is 4.76. The van der Waals surface area contributed by atoms with Crippen LogP contribution in [0.5, 0.6) is 0 Å². The third-order valence-corrected chi connectivity index (χ3v) is 5.06. The molecule has 0 bridgehead atoms. The van der Waals surface area contributed by atoms with Crippen molar-refractivity contribution in [3.63, 3.8) is 0 Å². The number of hydrogen-bond donors (Lipinski definition) is 3. The lowest BCUT2D eigenvalue weighted by Gasteiger charge is -2.19. The standard InChI is InChI=1S/C22H20Cl2F3N5O4/c1-21(2,3)36-20(35)28-8-11-4-5-13(14(23)6-11)18(33)30-31-19(34)16-10-32-9-12(22(25,26)27)7-15(24)17(32)29-16/h4-7,9-10H,8H2,1-3H3,(H,28,35)(H,30,33)(H,31,34). The van der Waals surface area contributed by atoms with Crippen LogP contribution in [0, 0.1) is 0 Å². The van der Waals surface area contributed by atoms with E-state index in [0.717, 1.165) is 16.8 Å². The fourth-order valence-corrected chi connectivity index (χ4v) is 3.45. The number of amides is 3. The van der Waals surface area contributed by atoms with Gasteiger partial charge >= 0.3 is 12.3 Å². The normalized spacial score (nSPS) is 11.8. The molecule has 36 heavy (non-hydrogen) atoms. The average molecular weight is 546 g/mol. The zero-order valence-electron chi connectivity index (χ0n) is 19.1. The Bertz CT molecular complexity index is 1340. The third-order valence-electron chi connectivity index (χ3n) is 4.47. The summed E-state index contributed by atoms with van der Waals surface area (Å²) in [6.07, 6.45) is -3.48. The van der Waals surface area contributed by atoms with Crippen molar-refractivity contribution in [2.75, 3.05) is 0 Å². The van der Waals surface area contributed by atoms with E-state index in [4.69, 9.17) is 27.9 Å². The minimum atomic E-state index is -4.64. The highest BCUT2D eigenvalue weighted by atomic mass is 35.5. The second-order valence-electron chi connectivity index (χ2n) is 8.51. The summed E-state index contributed by atoms with van der Waals surface area (Å²) in [7, 11) is 0. The molecule has 0 atom stereocenters. The van der Waals surface area contributed by atoms with Gasteiger partial charge in [0.2, 0.25) is 0 Å². The maximum absolute atomic E-state index is 13.0. The number of rotatable bonds is 4. The number of hydrazine groups is 1. The molecule has 192 valence electrons. The number of alkyl halides is 3. The van der Waals surface area contributed by atoms with Gasteiger partial charge < -0.3 is 14.5 Å². The van der Waals surface area contributed by atoms with Crippen molar-refractivity contribution < 1.29 is 32.3 Å². The Morgan fingerprint density at radius 1 is 1.00 bits per heavy atom. The van der Waals surface area contributed by atoms with E-state index in [1.54, 1.807) is 26.8 Å². The molecule has 0 unspecified atom stereocenters. The molecule has 3 aromatic rings. The first-order chi connectivity index (χ1) is 16.6. The Morgan fingerprint density at radius 3 is 2.28 bits per heavy atom. The first-order valence-corrected chi connectivity index (χ1v) is 11.0. The Labute approximate surface area is 212 Å². The van der Waals surface area contributed by atoms with Crippen LogP contribution in [0.3, 0.4) is 0 Å². The van der Waals surface area contributed by atoms with Crippen LogP contribution in [0.2, 0.25) is 10.0 Å². The monoisotopic (exact) mass is 545 g/mol. The lowest BCUT2D eigenvalue weighted by molar-refractivity contribution is -0.137. The van der Waals surface area contributed by atoms with E-state index in [0.29, 0.717) is 11.6 Å². The minimum Gasteiger partial charge on any atom is -0.444 e. The first kappa shape index (κ1) is 27.1. The van der Waals surface area contributed by atoms with Crippen molar-refractivity contribution >= 4 is 46.8 Å². The third kappa shape index (κ3) is 6.79. The van der Waals surface area contributed by atoms with Crippen molar-refractivity contribution in [1.82, 2.24) is 25.6 Å². The number of nitrogens with zero attached hydrogens (tertiary/aromatic N) is 2. The maximum Gasteiger partial charge on any atom is 0.417 e. The molecule has 14 heteroatoms. The van der Waals surface area contributed by atoms with E-state index in [9.17, 15) is 27.6 Å². The van der Waals surface area contributed by atoms with E-state index >= 15 is 0 Å². The van der Waals surface area contributed by atoms with Crippen LogP contribution in [0.4, 0.5) is 18.0 Å². The maximum atomic E-state index is 13.0. The number of imidazole rings is 1. The molecule has 2 aromatic heterocycles. The number of carbonyl (C=O) groups is 3. The fraction of sp³-hybridized carbons (Fsp3) is 0.273. The van der Waals surface area contributed by atoms with Crippen LogP contribution in [-0.4, -0.2) is 32.9 Å². The van der Waals surface area contributed by atoms with Gasteiger partial charge in [-0.15, -0.1) is 0 Å². The highest BCUT2D eigenvalue weighted by molar-refractivity contribution is 6.34. The average Bonchev–Trinajstić information content (AvgIpc) is 3.19. The number of hydrogen-bond acceptors (Lipinski definition) is 5. The molecule has 0 aliphatic rings. The van der Waals surface area contributed by atoms with Gasteiger partial charge in [-0.05, 0) is 44.5 Å². The summed E-state index contributed by atoms with van der Waals surface area (Å²) in [5.74, 6) is -1.66. The van der Waals surface area contributed by atoms with Gasteiger partial charge in [-0.25, -0.2) is 9.78 Å². The molecule has 0 aliphatic heterocycles. The fourth-order valence-electron chi connectivity index (χ4n) is 2.91. The summed E-state index contributed by atoms with van der Waals surface area (Å²) in [5.41, 5.74) is 2.85. The second-order valence-corrected chi connectivity index (χ2v) is 9.32. The van der Waals surface area contributed by atoms with Crippen molar-refractivity contribution in [3.05, 3.63) is 69.1 Å². The van der Waals surface area contributed by atoms with E-state index in [-0.39, 0.29) is 33.5 Å². The topological polar surface area (TPSA) is 114 Å². The SMILES string of the molecule is CC(C)(C)OC(=O)NCc1ccc(C(=O)NNC(=O)c2cn3cc(C(F)(F)F)cc(Cl)c3n2)c(Cl)c1. The van der Waals surface area contributed by atoms with E-state index in [1.165, 1.54) is 12.1 Å². The van der Waals surface area contributed by atoms with Gasteiger partial charge in [-0.2, -0.15) is 13.2 Å². The van der Waals surface area contributed by atoms with Gasteiger partial charge in [0.1, 0.15) is 11.3 Å².